The Morgan fingerprint density at radius 1 is 1.06 bits per heavy atom. The maximum Gasteiger partial charge on any atom is 0.331 e. The summed E-state index contributed by atoms with van der Waals surface area (Å²) >= 11 is 0. The molecular weight excluding hydrogens is 232 g/mol. The Morgan fingerprint density at radius 3 is 2.06 bits per heavy atom. The van der Waals surface area contributed by atoms with Crippen molar-refractivity contribution in [2.24, 2.45) is 0 Å². The van der Waals surface area contributed by atoms with E-state index in [0.717, 1.165) is 26.1 Å². The van der Waals surface area contributed by atoms with Gasteiger partial charge in [0.1, 0.15) is 0 Å². The predicted octanol–water partition coefficient (Wildman–Crippen LogP) is 0.962. The van der Waals surface area contributed by atoms with Crippen LogP contribution in [0.4, 0.5) is 0 Å². The molecule has 0 radical (unpaired) electrons. The molecule has 18 heavy (non-hydrogen) atoms. The number of carboxylic acids is 1. The number of aliphatic carboxylic acids is 1. The van der Waals surface area contributed by atoms with E-state index in [1.54, 1.807) is 11.8 Å². The molecule has 1 N–H and O–H groups in total. The summed E-state index contributed by atoms with van der Waals surface area (Å²) in [5.74, 6) is -1.17. The fourth-order valence-corrected chi connectivity index (χ4v) is 2.05. The van der Waals surface area contributed by atoms with Crippen molar-refractivity contribution >= 4 is 11.9 Å². The van der Waals surface area contributed by atoms with Crippen LogP contribution in [-0.4, -0.2) is 59.5 Å². The minimum absolute atomic E-state index is 0.135. The molecule has 0 spiro atoms. The summed E-state index contributed by atoms with van der Waals surface area (Å²) in [5.41, 5.74) is 0.474. The number of piperazine rings is 1. The number of carbonyl (C=O) groups excluding carboxylic acids is 1. The smallest absolute Gasteiger partial charge is 0.331 e. The van der Waals surface area contributed by atoms with E-state index in [1.807, 2.05) is 0 Å². The van der Waals surface area contributed by atoms with Crippen molar-refractivity contribution in [1.29, 1.82) is 0 Å². The van der Waals surface area contributed by atoms with Crippen molar-refractivity contribution in [3.63, 3.8) is 0 Å². The molecule has 0 aromatic rings. The highest BCUT2D eigenvalue weighted by Crippen LogP contribution is 2.11. The van der Waals surface area contributed by atoms with Crippen LogP contribution < -0.4 is 0 Å². The van der Waals surface area contributed by atoms with E-state index in [-0.39, 0.29) is 11.5 Å². The molecule has 0 aromatic heterocycles. The molecule has 1 fully saturated rings. The Morgan fingerprint density at radius 2 is 1.61 bits per heavy atom. The average molecular weight is 254 g/mol. The Labute approximate surface area is 108 Å². The Balaban J connectivity index is 2.60. The van der Waals surface area contributed by atoms with Gasteiger partial charge in [0.25, 0.3) is 0 Å². The third-order valence-electron chi connectivity index (χ3n) is 3.40. The van der Waals surface area contributed by atoms with Crippen molar-refractivity contribution in [2.45, 2.75) is 27.2 Å². The zero-order chi connectivity index (χ0) is 13.7. The lowest BCUT2D eigenvalue weighted by atomic mass is 10.1. The van der Waals surface area contributed by atoms with Crippen molar-refractivity contribution in [3.05, 3.63) is 11.1 Å². The van der Waals surface area contributed by atoms with Crippen molar-refractivity contribution in [1.82, 2.24) is 9.80 Å². The van der Waals surface area contributed by atoms with E-state index in [4.69, 9.17) is 5.11 Å². The number of carbonyl (C=O) groups is 2. The zero-order valence-electron chi connectivity index (χ0n) is 11.4. The van der Waals surface area contributed by atoms with E-state index in [9.17, 15) is 9.59 Å². The fourth-order valence-electron chi connectivity index (χ4n) is 2.05. The molecule has 102 valence electrons. The first-order chi connectivity index (χ1) is 8.47. The predicted molar refractivity (Wildman–Crippen MR) is 69.3 cm³/mol. The Bertz CT molecular complexity index is 355. The van der Waals surface area contributed by atoms with Crippen molar-refractivity contribution < 1.29 is 14.7 Å². The minimum atomic E-state index is -1.02. The summed E-state index contributed by atoms with van der Waals surface area (Å²) in [7, 11) is 0. The van der Waals surface area contributed by atoms with E-state index in [2.05, 4.69) is 11.8 Å². The van der Waals surface area contributed by atoms with Gasteiger partial charge < -0.3 is 10.0 Å². The van der Waals surface area contributed by atoms with Gasteiger partial charge in [0.2, 0.25) is 5.91 Å². The van der Waals surface area contributed by atoms with Gasteiger partial charge in [0.05, 0.1) is 0 Å². The van der Waals surface area contributed by atoms with Crippen LogP contribution in [-0.2, 0) is 9.59 Å². The number of rotatable bonds is 4. The van der Waals surface area contributed by atoms with Gasteiger partial charge in [-0.05, 0) is 26.8 Å². The highest BCUT2D eigenvalue weighted by Gasteiger charge is 2.23. The zero-order valence-corrected chi connectivity index (χ0v) is 11.4. The molecule has 0 aromatic carbocycles. The number of nitrogens with zero attached hydrogens (tertiary/aromatic N) is 2. The lowest BCUT2D eigenvalue weighted by Gasteiger charge is -2.34. The van der Waals surface area contributed by atoms with E-state index in [1.165, 1.54) is 6.92 Å². The first kappa shape index (κ1) is 14.7. The highest BCUT2D eigenvalue weighted by atomic mass is 16.4. The van der Waals surface area contributed by atoms with Crippen LogP contribution in [0.3, 0.4) is 0 Å². The van der Waals surface area contributed by atoms with Gasteiger partial charge in [-0.3, -0.25) is 9.69 Å². The summed E-state index contributed by atoms with van der Waals surface area (Å²) in [4.78, 5) is 27.0. The Kier molecular flexibility index (Phi) is 5.34. The maximum absolute atomic E-state index is 12.1. The van der Waals surface area contributed by atoms with Gasteiger partial charge in [-0.25, -0.2) is 4.79 Å². The molecule has 5 nitrogen and oxygen atoms in total. The van der Waals surface area contributed by atoms with Crippen molar-refractivity contribution in [3.8, 4) is 0 Å². The van der Waals surface area contributed by atoms with E-state index < -0.39 is 5.97 Å². The van der Waals surface area contributed by atoms with Gasteiger partial charge in [0.15, 0.2) is 0 Å². The topological polar surface area (TPSA) is 60.9 Å². The first-order valence-corrected chi connectivity index (χ1v) is 6.39. The monoisotopic (exact) mass is 254 g/mol. The molecule has 1 heterocycles. The normalized spacial score (nSPS) is 18.5. The molecule has 0 saturated carbocycles. The molecule has 1 aliphatic heterocycles. The van der Waals surface area contributed by atoms with Crippen LogP contribution >= 0.6 is 0 Å². The summed E-state index contributed by atoms with van der Waals surface area (Å²) in [6.45, 7) is 9.38. The van der Waals surface area contributed by atoms with Gasteiger partial charge in [-0.15, -0.1) is 0 Å². The minimum Gasteiger partial charge on any atom is -0.478 e. The van der Waals surface area contributed by atoms with Crippen molar-refractivity contribution in [2.75, 3.05) is 32.7 Å². The van der Waals surface area contributed by atoms with Crippen LogP contribution in [0.25, 0.3) is 0 Å². The molecule has 1 saturated heterocycles. The number of hydrogen-bond acceptors (Lipinski definition) is 3. The van der Waals surface area contributed by atoms with Gasteiger partial charge in [0, 0.05) is 37.3 Å². The lowest BCUT2D eigenvalue weighted by molar-refractivity contribution is -0.134. The van der Waals surface area contributed by atoms with Gasteiger partial charge in [-0.1, -0.05) is 6.92 Å². The number of hydrogen-bond donors (Lipinski definition) is 1. The fraction of sp³-hybridized carbons (Fsp3) is 0.692. The first-order valence-electron chi connectivity index (χ1n) is 6.39. The maximum atomic E-state index is 12.1. The van der Waals surface area contributed by atoms with E-state index >= 15 is 0 Å². The van der Waals surface area contributed by atoms with Crippen LogP contribution in [0.15, 0.2) is 11.1 Å². The molecule has 1 amide bonds. The molecule has 0 atom stereocenters. The number of carboxylic acid groups (broad SMARTS) is 1. The quantitative estimate of drug-likeness (QED) is 0.759. The molecule has 1 aliphatic rings. The average Bonchev–Trinajstić information content (AvgIpc) is 2.37. The lowest BCUT2D eigenvalue weighted by Crippen LogP contribution is -2.49. The van der Waals surface area contributed by atoms with E-state index in [0.29, 0.717) is 18.7 Å². The van der Waals surface area contributed by atoms with Crippen LogP contribution in [0, 0.1) is 0 Å². The molecule has 5 heteroatoms. The van der Waals surface area contributed by atoms with Gasteiger partial charge in [-0.2, -0.15) is 0 Å². The number of amides is 1. The van der Waals surface area contributed by atoms with Gasteiger partial charge >= 0.3 is 5.97 Å². The second-order valence-electron chi connectivity index (χ2n) is 4.69. The summed E-state index contributed by atoms with van der Waals surface area (Å²) in [6.07, 6.45) is 1.12. The third-order valence-corrected chi connectivity index (χ3v) is 3.40. The molecule has 0 bridgehead atoms. The summed E-state index contributed by atoms with van der Waals surface area (Å²) < 4.78 is 0. The Hall–Kier alpha value is -1.36. The SMILES string of the molecule is CCCN1CCN(C(=O)C(C)=C(C)C(=O)O)CC1. The largest absolute Gasteiger partial charge is 0.478 e. The second kappa shape index (κ2) is 6.54. The highest BCUT2D eigenvalue weighted by molar-refractivity contribution is 6.01. The second-order valence-corrected chi connectivity index (χ2v) is 4.69. The molecular formula is C13H22N2O3. The summed E-state index contributed by atoms with van der Waals surface area (Å²) in [5, 5.41) is 8.87. The summed E-state index contributed by atoms with van der Waals surface area (Å²) in [6, 6.07) is 0. The molecule has 0 aliphatic carbocycles. The van der Waals surface area contributed by atoms with Crippen LogP contribution in [0.1, 0.15) is 27.2 Å². The molecule has 1 rings (SSSR count). The third kappa shape index (κ3) is 3.57. The van der Waals surface area contributed by atoms with Crippen LogP contribution in [0.2, 0.25) is 0 Å². The standard InChI is InChI=1S/C13H22N2O3/c1-4-5-14-6-8-15(9-7-14)12(16)10(2)11(3)13(17)18/h4-9H2,1-3H3,(H,17,18). The molecule has 0 unspecified atom stereocenters. The van der Waals surface area contributed by atoms with Crippen LogP contribution in [0.5, 0.6) is 0 Å².